The molecule has 0 bridgehead atoms. The third-order valence-electron chi connectivity index (χ3n) is 4.56. The predicted molar refractivity (Wildman–Crippen MR) is 91.3 cm³/mol. The van der Waals surface area contributed by atoms with Crippen LogP contribution in [0.5, 0.6) is 0 Å². The summed E-state index contributed by atoms with van der Waals surface area (Å²) in [4.78, 5) is 22.1. The highest BCUT2D eigenvalue weighted by atomic mass is 16.4. The molecule has 1 saturated heterocycles. The first kappa shape index (κ1) is 14.7. The number of rotatable bonds is 4. The van der Waals surface area contributed by atoms with Gasteiger partial charge in [-0.1, -0.05) is 18.2 Å². The van der Waals surface area contributed by atoms with E-state index < -0.39 is 5.97 Å². The smallest absolute Gasteiger partial charge is 0.354 e. The summed E-state index contributed by atoms with van der Waals surface area (Å²) in [6.07, 6.45) is 4.02. The standard InChI is InChI=1S/C18H18N4O2/c23-18(24)15-7-3-9-17(20-15)22-10-4-5-13(22)11-21-12-19-14-6-1-2-8-16(14)21/h1-3,6-9,12-13H,4-5,10-11H2,(H,23,24). The van der Waals surface area contributed by atoms with Crippen LogP contribution in [0.3, 0.4) is 0 Å². The third-order valence-corrected chi connectivity index (χ3v) is 4.56. The lowest BCUT2D eigenvalue weighted by molar-refractivity contribution is 0.0690. The molecule has 1 unspecified atom stereocenters. The number of carboxylic acids is 1. The topological polar surface area (TPSA) is 71.2 Å². The van der Waals surface area contributed by atoms with Gasteiger partial charge in [-0.05, 0) is 37.1 Å². The van der Waals surface area contributed by atoms with E-state index in [-0.39, 0.29) is 5.69 Å². The van der Waals surface area contributed by atoms with E-state index in [0.717, 1.165) is 42.8 Å². The number of pyridine rings is 1. The highest BCUT2D eigenvalue weighted by Crippen LogP contribution is 2.26. The average Bonchev–Trinajstić information content (AvgIpc) is 3.23. The Morgan fingerprint density at radius 1 is 1.21 bits per heavy atom. The molecule has 24 heavy (non-hydrogen) atoms. The number of aromatic nitrogens is 3. The Kier molecular flexibility index (Phi) is 3.65. The molecule has 6 heteroatoms. The predicted octanol–water partition coefficient (Wildman–Crippen LogP) is 2.80. The van der Waals surface area contributed by atoms with Gasteiger partial charge in [0.2, 0.25) is 0 Å². The van der Waals surface area contributed by atoms with Gasteiger partial charge in [0.25, 0.3) is 0 Å². The van der Waals surface area contributed by atoms with E-state index in [2.05, 4.69) is 25.5 Å². The Balaban J connectivity index is 1.61. The number of fused-ring (bicyclic) bond motifs is 1. The van der Waals surface area contributed by atoms with E-state index in [1.807, 2.05) is 30.6 Å². The maximum absolute atomic E-state index is 11.2. The summed E-state index contributed by atoms with van der Waals surface area (Å²) in [7, 11) is 0. The quantitative estimate of drug-likeness (QED) is 0.800. The van der Waals surface area contributed by atoms with E-state index in [1.54, 1.807) is 6.07 Å². The van der Waals surface area contributed by atoms with Crippen molar-refractivity contribution >= 4 is 22.8 Å². The van der Waals surface area contributed by atoms with E-state index in [1.165, 1.54) is 6.07 Å². The van der Waals surface area contributed by atoms with Gasteiger partial charge in [0.15, 0.2) is 5.69 Å². The molecule has 3 heterocycles. The van der Waals surface area contributed by atoms with Crippen molar-refractivity contribution in [2.24, 2.45) is 0 Å². The van der Waals surface area contributed by atoms with Crippen molar-refractivity contribution in [2.75, 3.05) is 11.4 Å². The molecule has 3 aromatic rings. The number of para-hydroxylation sites is 2. The van der Waals surface area contributed by atoms with Crippen LogP contribution in [0.15, 0.2) is 48.8 Å². The average molecular weight is 322 g/mol. The Labute approximate surface area is 139 Å². The number of hydrogen-bond donors (Lipinski definition) is 1. The minimum Gasteiger partial charge on any atom is -0.477 e. The van der Waals surface area contributed by atoms with Crippen LogP contribution in [0.1, 0.15) is 23.3 Å². The number of nitrogens with zero attached hydrogens (tertiary/aromatic N) is 4. The number of imidazole rings is 1. The molecule has 2 aromatic heterocycles. The van der Waals surface area contributed by atoms with Gasteiger partial charge < -0.3 is 14.6 Å². The minimum atomic E-state index is -0.992. The summed E-state index contributed by atoms with van der Waals surface area (Å²) < 4.78 is 2.17. The monoisotopic (exact) mass is 322 g/mol. The SMILES string of the molecule is O=C(O)c1cccc(N2CCCC2Cn2cnc3ccccc32)n1. The molecule has 1 N–H and O–H groups in total. The van der Waals surface area contributed by atoms with Gasteiger partial charge in [0.1, 0.15) is 5.82 Å². The van der Waals surface area contributed by atoms with E-state index in [4.69, 9.17) is 5.11 Å². The summed E-state index contributed by atoms with van der Waals surface area (Å²) in [6.45, 7) is 1.72. The zero-order valence-electron chi connectivity index (χ0n) is 13.2. The van der Waals surface area contributed by atoms with E-state index in [9.17, 15) is 4.79 Å². The van der Waals surface area contributed by atoms with Gasteiger partial charge in [0.05, 0.1) is 17.4 Å². The molecule has 1 aliphatic heterocycles. The first-order valence-corrected chi connectivity index (χ1v) is 8.09. The van der Waals surface area contributed by atoms with Gasteiger partial charge in [-0.3, -0.25) is 0 Å². The summed E-state index contributed by atoms with van der Waals surface area (Å²) in [5, 5.41) is 9.15. The molecule has 4 rings (SSSR count). The van der Waals surface area contributed by atoms with E-state index >= 15 is 0 Å². The lowest BCUT2D eigenvalue weighted by Gasteiger charge is -2.26. The number of hydrogen-bond acceptors (Lipinski definition) is 4. The van der Waals surface area contributed by atoms with Crippen molar-refractivity contribution in [3.05, 3.63) is 54.5 Å². The fourth-order valence-corrected chi connectivity index (χ4v) is 3.41. The highest BCUT2D eigenvalue weighted by Gasteiger charge is 2.26. The Morgan fingerprint density at radius 2 is 2.08 bits per heavy atom. The van der Waals surface area contributed by atoms with Crippen LogP contribution < -0.4 is 4.90 Å². The second-order valence-corrected chi connectivity index (χ2v) is 6.06. The number of anilines is 1. The van der Waals surface area contributed by atoms with Crippen LogP contribution >= 0.6 is 0 Å². The zero-order chi connectivity index (χ0) is 16.5. The maximum atomic E-state index is 11.2. The molecular weight excluding hydrogens is 304 g/mol. The van der Waals surface area contributed by atoms with Gasteiger partial charge >= 0.3 is 5.97 Å². The molecule has 0 radical (unpaired) electrons. The second kappa shape index (κ2) is 5.96. The van der Waals surface area contributed by atoms with Crippen LogP contribution in [0, 0.1) is 0 Å². The van der Waals surface area contributed by atoms with Crippen molar-refractivity contribution in [2.45, 2.75) is 25.4 Å². The molecule has 1 aromatic carbocycles. The van der Waals surface area contributed by atoms with E-state index in [0.29, 0.717) is 6.04 Å². The molecular formula is C18H18N4O2. The van der Waals surface area contributed by atoms with Gasteiger partial charge in [-0.25, -0.2) is 14.8 Å². The number of aromatic carboxylic acids is 1. The second-order valence-electron chi connectivity index (χ2n) is 6.06. The van der Waals surface area contributed by atoms with Gasteiger partial charge in [-0.2, -0.15) is 0 Å². The van der Waals surface area contributed by atoms with Crippen molar-refractivity contribution in [3.8, 4) is 0 Å². The maximum Gasteiger partial charge on any atom is 0.354 e. The minimum absolute atomic E-state index is 0.0891. The molecule has 122 valence electrons. The Hall–Kier alpha value is -2.89. The number of carbonyl (C=O) groups is 1. The lowest BCUT2D eigenvalue weighted by atomic mass is 10.2. The van der Waals surface area contributed by atoms with Crippen molar-refractivity contribution in [3.63, 3.8) is 0 Å². The normalized spacial score (nSPS) is 17.5. The molecule has 0 spiro atoms. The zero-order valence-corrected chi connectivity index (χ0v) is 13.2. The fraction of sp³-hybridized carbons (Fsp3) is 0.278. The Morgan fingerprint density at radius 3 is 2.96 bits per heavy atom. The highest BCUT2D eigenvalue weighted by molar-refractivity contribution is 5.85. The summed E-state index contributed by atoms with van der Waals surface area (Å²) in [5.41, 5.74) is 2.20. The van der Waals surface area contributed by atoms with Crippen LogP contribution in [0.2, 0.25) is 0 Å². The molecule has 0 aliphatic carbocycles. The van der Waals surface area contributed by atoms with Crippen molar-refractivity contribution < 1.29 is 9.90 Å². The first-order chi connectivity index (χ1) is 11.7. The molecule has 0 amide bonds. The van der Waals surface area contributed by atoms with Crippen molar-refractivity contribution in [1.29, 1.82) is 0 Å². The van der Waals surface area contributed by atoms with Gasteiger partial charge in [-0.15, -0.1) is 0 Å². The lowest BCUT2D eigenvalue weighted by Crippen LogP contribution is -2.33. The fourth-order valence-electron chi connectivity index (χ4n) is 3.41. The van der Waals surface area contributed by atoms with Crippen LogP contribution in [-0.2, 0) is 6.54 Å². The van der Waals surface area contributed by atoms with Crippen LogP contribution in [0.4, 0.5) is 5.82 Å². The van der Waals surface area contributed by atoms with Crippen LogP contribution in [-0.4, -0.2) is 38.2 Å². The summed E-state index contributed by atoms with van der Waals surface area (Å²) in [6, 6.07) is 13.6. The molecule has 1 atom stereocenters. The van der Waals surface area contributed by atoms with Crippen molar-refractivity contribution in [1.82, 2.24) is 14.5 Å². The Bertz CT molecular complexity index is 889. The molecule has 1 fully saturated rings. The number of carboxylic acid groups (broad SMARTS) is 1. The molecule has 0 saturated carbocycles. The van der Waals surface area contributed by atoms with Crippen LogP contribution in [0.25, 0.3) is 11.0 Å². The summed E-state index contributed by atoms with van der Waals surface area (Å²) >= 11 is 0. The number of benzene rings is 1. The van der Waals surface area contributed by atoms with Gasteiger partial charge in [0, 0.05) is 19.1 Å². The molecule has 6 nitrogen and oxygen atoms in total. The summed E-state index contributed by atoms with van der Waals surface area (Å²) in [5.74, 6) is -0.255. The first-order valence-electron chi connectivity index (χ1n) is 8.09. The molecule has 1 aliphatic rings. The third kappa shape index (κ3) is 2.60. The largest absolute Gasteiger partial charge is 0.477 e.